The van der Waals surface area contributed by atoms with E-state index in [1.165, 1.54) is 0 Å². The van der Waals surface area contributed by atoms with Crippen LogP contribution in [0.1, 0.15) is 42.9 Å². The first-order valence-corrected chi connectivity index (χ1v) is 8.81. The molecule has 2 aliphatic rings. The van der Waals surface area contributed by atoms with Crippen molar-refractivity contribution in [1.82, 2.24) is 10.6 Å². The first-order valence-electron chi connectivity index (χ1n) is 8.81. The molecule has 1 aromatic rings. The zero-order chi connectivity index (χ0) is 18.9. The molecule has 1 aliphatic heterocycles. The second-order valence-electron chi connectivity index (χ2n) is 7.14. The smallest absolute Gasteiger partial charge is 0.348 e. The molecule has 142 valence electrons. The summed E-state index contributed by atoms with van der Waals surface area (Å²) in [5.74, 6) is -0.755. The molecule has 2 fully saturated rings. The molecule has 0 bridgehead atoms. The van der Waals surface area contributed by atoms with Crippen LogP contribution in [-0.4, -0.2) is 18.5 Å². The first kappa shape index (κ1) is 18.9. The molecule has 3 rings (SSSR count). The molecular formula is C19H22F4N2O. The van der Waals surface area contributed by atoms with Crippen molar-refractivity contribution in [2.45, 2.75) is 43.9 Å². The van der Waals surface area contributed by atoms with E-state index in [1.54, 1.807) is 0 Å². The average molecular weight is 370 g/mol. The number of halogens is 4. The minimum atomic E-state index is -4.59. The maximum atomic E-state index is 14.3. The fourth-order valence-corrected chi connectivity index (χ4v) is 3.51. The van der Waals surface area contributed by atoms with Gasteiger partial charge in [0.25, 0.3) is 0 Å². The van der Waals surface area contributed by atoms with Crippen LogP contribution >= 0.6 is 0 Å². The van der Waals surface area contributed by atoms with Crippen molar-refractivity contribution in [3.05, 3.63) is 47.8 Å². The molecular weight excluding hydrogens is 348 g/mol. The van der Waals surface area contributed by atoms with Gasteiger partial charge in [0.05, 0.1) is 17.6 Å². The third-order valence-corrected chi connectivity index (χ3v) is 5.09. The summed E-state index contributed by atoms with van der Waals surface area (Å²) < 4.78 is 52.5. The zero-order valence-corrected chi connectivity index (χ0v) is 14.3. The molecule has 2 N–H and O–H groups in total. The Kier molecular flexibility index (Phi) is 5.37. The minimum absolute atomic E-state index is 0.0653. The van der Waals surface area contributed by atoms with E-state index in [2.05, 4.69) is 17.2 Å². The quantitative estimate of drug-likeness (QED) is 0.588. The maximum Gasteiger partial charge on any atom is 0.416 e. The summed E-state index contributed by atoms with van der Waals surface area (Å²) in [7, 11) is 0. The standard InChI is InChI=1S/C19H22F4N2O/c1-2-3-11-8-16(24-10-11)18(26)25-17(12-4-5-12)14-7-6-13(9-15(14)20)19(21,22)23/h2,6-7,9,11-12,16-17,24H,1,3-5,8,10H2,(H,25,26)/t11-,16-,17-/m1/s1. The molecule has 0 unspecified atom stereocenters. The third kappa shape index (κ3) is 4.26. The zero-order valence-electron chi connectivity index (χ0n) is 14.3. The highest BCUT2D eigenvalue weighted by Gasteiger charge is 2.38. The summed E-state index contributed by atoms with van der Waals surface area (Å²) in [5.41, 5.74) is -0.904. The topological polar surface area (TPSA) is 41.1 Å². The Labute approximate surface area is 149 Å². The van der Waals surface area contributed by atoms with Gasteiger partial charge >= 0.3 is 6.18 Å². The van der Waals surface area contributed by atoms with Gasteiger partial charge in [0.1, 0.15) is 5.82 Å². The highest BCUT2D eigenvalue weighted by Crippen LogP contribution is 2.42. The lowest BCUT2D eigenvalue weighted by atomic mass is 9.98. The predicted octanol–water partition coefficient (Wildman–Crippen LogP) is 3.97. The minimum Gasteiger partial charge on any atom is -0.348 e. The third-order valence-electron chi connectivity index (χ3n) is 5.09. The van der Waals surface area contributed by atoms with Crippen LogP contribution in [0.3, 0.4) is 0 Å². The molecule has 26 heavy (non-hydrogen) atoms. The van der Waals surface area contributed by atoms with Gasteiger partial charge in [-0.05, 0) is 56.2 Å². The van der Waals surface area contributed by atoms with Gasteiger partial charge in [0.15, 0.2) is 0 Å². The maximum absolute atomic E-state index is 14.3. The first-order chi connectivity index (χ1) is 12.3. The van der Waals surface area contributed by atoms with Crippen molar-refractivity contribution in [3.63, 3.8) is 0 Å². The van der Waals surface area contributed by atoms with Gasteiger partial charge < -0.3 is 10.6 Å². The van der Waals surface area contributed by atoms with E-state index in [1.807, 2.05) is 6.08 Å². The number of carbonyl (C=O) groups is 1. The van der Waals surface area contributed by atoms with Crippen LogP contribution in [0.5, 0.6) is 0 Å². The van der Waals surface area contributed by atoms with Gasteiger partial charge in [-0.1, -0.05) is 12.1 Å². The van der Waals surface area contributed by atoms with E-state index >= 15 is 0 Å². The second-order valence-corrected chi connectivity index (χ2v) is 7.14. The van der Waals surface area contributed by atoms with Gasteiger partial charge in [-0.15, -0.1) is 6.58 Å². The van der Waals surface area contributed by atoms with Crippen molar-refractivity contribution >= 4 is 5.91 Å². The number of amides is 1. The van der Waals surface area contributed by atoms with E-state index in [0.29, 0.717) is 24.9 Å². The van der Waals surface area contributed by atoms with Crippen molar-refractivity contribution < 1.29 is 22.4 Å². The molecule has 7 heteroatoms. The Bertz CT molecular complexity index is 685. The molecule has 1 saturated carbocycles. The molecule has 0 radical (unpaired) electrons. The lowest BCUT2D eigenvalue weighted by Crippen LogP contribution is -2.42. The van der Waals surface area contributed by atoms with Crippen LogP contribution in [0.15, 0.2) is 30.9 Å². The largest absolute Gasteiger partial charge is 0.416 e. The van der Waals surface area contributed by atoms with E-state index in [-0.39, 0.29) is 23.4 Å². The molecule has 3 atom stereocenters. The molecule has 1 aromatic carbocycles. The number of nitrogens with one attached hydrogen (secondary N) is 2. The summed E-state index contributed by atoms with van der Waals surface area (Å²) >= 11 is 0. The molecule has 1 amide bonds. The normalized spacial score (nSPS) is 24.3. The Morgan fingerprint density at radius 2 is 2.12 bits per heavy atom. The Morgan fingerprint density at radius 3 is 2.69 bits per heavy atom. The Hall–Kier alpha value is -1.89. The number of hydrogen-bond acceptors (Lipinski definition) is 2. The highest BCUT2D eigenvalue weighted by molar-refractivity contribution is 5.82. The van der Waals surface area contributed by atoms with E-state index in [0.717, 1.165) is 31.4 Å². The molecule has 1 heterocycles. The molecule has 1 saturated heterocycles. The van der Waals surface area contributed by atoms with Crippen LogP contribution in [0, 0.1) is 17.7 Å². The van der Waals surface area contributed by atoms with Crippen molar-refractivity contribution in [3.8, 4) is 0 Å². The average Bonchev–Trinajstić information content (AvgIpc) is 3.31. The van der Waals surface area contributed by atoms with Crippen LogP contribution in [0.4, 0.5) is 17.6 Å². The summed E-state index contributed by atoms with van der Waals surface area (Å²) in [4.78, 5) is 12.5. The van der Waals surface area contributed by atoms with Gasteiger partial charge in [0, 0.05) is 5.56 Å². The van der Waals surface area contributed by atoms with E-state index in [4.69, 9.17) is 0 Å². The van der Waals surface area contributed by atoms with Gasteiger partial charge in [-0.3, -0.25) is 4.79 Å². The fourth-order valence-electron chi connectivity index (χ4n) is 3.51. The predicted molar refractivity (Wildman–Crippen MR) is 89.7 cm³/mol. The van der Waals surface area contributed by atoms with Crippen molar-refractivity contribution in [2.75, 3.05) is 6.54 Å². The van der Waals surface area contributed by atoms with Gasteiger partial charge in [-0.2, -0.15) is 13.2 Å². The van der Waals surface area contributed by atoms with Gasteiger partial charge in [0.2, 0.25) is 5.91 Å². The summed E-state index contributed by atoms with van der Waals surface area (Å²) in [6, 6.07) is 1.56. The number of alkyl halides is 3. The van der Waals surface area contributed by atoms with E-state index < -0.39 is 23.6 Å². The van der Waals surface area contributed by atoms with Crippen LogP contribution in [0.2, 0.25) is 0 Å². The number of benzene rings is 1. The summed E-state index contributed by atoms with van der Waals surface area (Å²) in [5, 5.41) is 6.00. The SMILES string of the molecule is C=CC[C@H]1CN[C@@H](C(=O)N[C@@H](c2ccc(C(F)(F)F)cc2F)C2CC2)C1. The monoisotopic (exact) mass is 370 g/mol. The van der Waals surface area contributed by atoms with Crippen LogP contribution in [-0.2, 0) is 11.0 Å². The molecule has 3 nitrogen and oxygen atoms in total. The van der Waals surface area contributed by atoms with Crippen molar-refractivity contribution in [1.29, 1.82) is 0 Å². The number of carbonyl (C=O) groups excluding carboxylic acids is 1. The van der Waals surface area contributed by atoms with Crippen LogP contribution < -0.4 is 10.6 Å². The molecule has 1 aliphatic carbocycles. The summed E-state index contributed by atoms with van der Waals surface area (Å²) in [6.45, 7) is 4.41. The lowest BCUT2D eigenvalue weighted by Gasteiger charge is -2.22. The fraction of sp³-hybridized carbons (Fsp3) is 0.526. The van der Waals surface area contributed by atoms with Crippen LogP contribution in [0.25, 0.3) is 0 Å². The van der Waals surface area contributed by atoms with E-state index in [9.17, 15) is 22.4 Å². The Morgan fingerprint density at radius 1 is 1.38 bits per heavy atom. The lowest BCUT2D eigenvalue weighted by molar-refractivity contribution is -0.137. The number of rotatable bonds is 6. The summed E-state index contributed by atoms with van der Waals surface area (Å²) in [6.07, 6.45) is 0.356. The number of allylic oxidation sites excluding steroid dienone is 1. The second kappa shape index (κ2) is 7.39. The Balaban J connectivity index is 1.72. The van der Waals surface area contributed by atoms with Crippen molar-refractivity contribution in [2.24, 2.45) is 11.8 Å². The molecule has 0 aromatic heterocycles. The highest BCUT2D eigenvalue weighted by atomic mass is 19.4. The van der Waals surface area contributed by atoms with Gasteiger partial charge in [-0.25, -0.2) is 4.39 Å². The number of hydrogen-bond donors (Lipinski definition) is 2. The molecule has 0 spiro atoms.